The zero-order valence-corrected chi connectivity index (χ0v) is 40.4. The molecule has 6 heteroatoms. The Bertz CT molecular complexity index is 1070. The van der Waals surface area contributed by atoms with E-state index in [2.05, 4.69) is 69.4 Å². The van der Waals surface area contributed by atoms with E-state index in [1.807, 2.05) is 0 Å². The van der Waals surface area contributed by atoms with Crippen LogP contribution < -0.4 is 0 Å². The van der Waals surface area contributed by atoms with Crippen molar-refractivity contribution >= 4 is 17.9 Å². The van der Waals surface area contributed by atoms with Gasteiger partial charge in [0.1, 0.15) is 13.2 Å². The van der Waals surface area contributed by atoms with Crippen LogP contribution in [0.4, 0.5) is 0 Å². The van der Waals surface area contributed by atoms with Crippen LogP contribution in [0.1, 0.15) is 265 Å². The molecule has 0 aliphatic carbocycles. The van der Waals surface area contributed by atoms with Crippen LogP contribution in [0, 0.1) is 0 Å². The molecule has 1 unspecified atom stereocenters. The molecule has 0 heterocycles. The lowest BCUT2D eigenvalue weighted by Gasteiger charge is -2.18. The number of unbranched alkanes of at least 4 members (excludes halogenated alkanes) is 28. The van der Waals surface area contributed by atoms with Crippen LogP contribution in [0.3, 0.4) is 0 Å². The third-order valence-corrected chi connectivity index (χ3v) is 11.3. The summed E-state index contributed by atoms with van der Waals surface area (Å²) in [4.78, 5) is 37.8. The van der Waals surface area contributed by atoms with Crippen LogP contribution in [-0.2, 0) is 28.6 Å². The highest BCUT2D eigenvalue weighted by Crippen LogP contribution is 2.15. The molecular formula is C55H98O6. The first-order valence-corrected chi connectivity index (χ1v) is 26.1. The van der Waals surface area contributed by atoms with Crippen molar-refractivity contribution in [1.82, 2.24) is 0 Å². The number of hydrogen-bond donors (Lipinski definition) is 0. The minimum absolute atomic E-state index is 0.0788. The van der Waals surface area contributed by atoms with E-state index in [1.165, 1.54) is 135 Å². The first-order valence-electron chi connectivity index (χ1n) is 26.1. The fourth-order valence-corrected chi connectivity index (χ4v) is 7.31. The zero-order valence-electron chi connectivity index (χ0n) is 40.4. The van der Waals surface area contributed by atoms with Gasteiger partial charge in [-0.1, -0.05) is 217 Å². The van der Waals surface area contributed by atoms with Crippen LogP contribution in [0.15, 0.2) is 48.6 Å². The van der Waals surface area contributed by atoms with Crippen molar-refractivity contribution in [3.05, 3.63) is 48.6 Å². The average molecular weight is 855 g/mol. The summed E-state index contributed by atoms with van der Waals surface area (Å²) < 4.78 is 16.7. The molecule has 0 fully saturated rings. The third kappa shape index (κ3) is 48.3. The van der Waals surface area contributed by atoms with Gasteiger partial charge in [0.15, 0.2) is 6.10 Å². The number of carbonyl (C=O) groups is 3. The molecule has 6 nitrogen and oxygen atoms in total. The first kappa shape index (κ1) is 58.4. The molecule has 1 atom stereocenters. The van der Waals surface area contributed by atoms with E-state index in [9.17, 15) is 14.4 Å². The number of allylic oxidation sites excluding steroid dienone is 8. The summed E-state index contributed by atoms with van der Waals surface area (Å²) in [5.74, 6) is -0.896. The Morgan fingerprint density at radius 3 is 0.951 bits per heavy atom. The fourth-order valence-electron chi connectivity index (χ4n) is 7.31. The Hall–Kier alpha value is -2.63. The number of ether oxygens (including phenoxy) is 3. The highest BCUT2D eigenvalue weighted by Gasteiger charge is 2.19. The smallest absolute Gasteiger partial charge is 0.306 e. The second-order valence-corrected chi connectivity index (χ2v) is 17.4. The number of hydrogen-bond acceptors (Lipinski definition) is 6. The molecule has 0 bridgehead atoms. The van der Waals surface area contributed by atoms with Gasteiger partial charge in [-0.05, 0) is 77.0 Å². The average Bonchev–Trinajstić information content (AvgIpc) is 3.26. The lowest BCUT2D eigenvalue weighted by Crippen LogP contribution is -2.30. The van der Waals surface area contributed by atoms with Crippen molar-refractivity contribution in [3.8, 4) is 0 Å². The molecule has 0 aliphatic heterocycles. The Morgan fingerprint density at radius 1 is 0.328 bits per heavy atom. The zero-order chi connectivity index (χ0) is 44.4. The summed E-state index contributed by atoms with van der Waals surface area (Å²) in [6.45, 7) is 6.55. The van der Waals surface area contributed by atoms with E-state index in [-0.39, 0.29) is 31.1 Å². The second kappa shape index (κ2) is 50.0. The van der Waals surface area contributed by atoms with E-state index in [4.69, 9.17) is 14.2 Å². The molecule has 0 aromatic rings. The van der Waals surface area contributed by atoms with Crippen LogP contribution >= 0.6 is 0 Å². The maximum atomic E-state index is 12.8. The molecule has 0 aromatic carbocycles. The lowest BCUT2D eigenvalue weighted by atomic mass is 10.1. The molecule has 0 spiro atoms. The first-order chi connectivity index (χ1) is 30.0. The molecule has 0 amide bonds. The Balaban J connectivity index is 4.26. The minimum atomic E-state index is -0.778. The topological polar surface area (TPSA) is 78.9 Å². The minimum Gasteiger partial charge on any atom is -0.462 e. The number of esters is 3. The van der Waals surface area contributed by atoms with Gasteiger partial charge in [0, 0.05) is 19.3 Å². The number of carbonyl (C=O) groups excluding carboxylic acids is 3. The van der Waals surface area contributed by atoms with Crippen molar-refractivity contribution in [1.29, 1.82) is 0 Å². The number of rotatable bonds is 47. The van der Waals surface area contributed by atoms with Crippen molar-refractivity contribution in [2.24, 2.45) is 0 Å². The molecular weight excluding hydrogens is 757 g/mol. The van der Waals surface area contributed by atoms with E-state index in [0.717, 1.165) is 89.9 Å². The van der Waals surface area contributed by atoms with E-state index in [0.29, 0.717) is 19.3 Å². The van der Waals surface area contributed by atoms with Gasteiger partial charge in [-0.3, -0.25) is 14.4 Å². The predicted octanol–water partition coefficient (Wildman–Crippen LogP) is 17.1. The van der Waals surface area contributed by atoms with Gasteiger partial charge >= 0.3 is 17.9 Å². The highest BCUT2D eigenvalue weighted by atomic mass is 16.6. The summed E-state index contributed by atoms with van der Waals surface area (Å²) in [6.07, 6.45) is 59.6. The molecule has 0 saturated carbocycles. The summed E-state index contributed by atoms with van der Waals surface area (Å²) in [5.41, 5.74) is 0. The highest BCUT2D eigenvalue weighted by molar-refractivity contribution is 5.71. The third-order valence-electron chi connectivity index (χ3n) is 11.3. The van der Waals surface area contributed by atoms with E-state index < -0.39 is 6.10 Å². The normalized spacial score (nSPS) is 12.4. The molecule has 0 N–H and O–H groups in total. The van der Waals surface area contributed by atoms with Crippen LogP contribution in [-0.4, -0.2) is 37.2 Å². The van der Waals surface area contributed by atoms with Crippen LogP contribution in [0.2, 0.25) is 0 Å². The van der Waals surface area contributed by atoms with Gasteiger partial charge in [-0.25, -0.2) is 0 Å². The molecule has 0 rings (SSSR count). The monoisotopic (exact) mass is 855 g/mol. The van der Waals surface area contributed by atoms with Gasteiger partial charge in [0.05, 0.1) is 0 Å². The van der Waals surface area contributed by atoms with E-state index >= 15 is 0 Å². The van der Waals surface area contributed by atoms with E-state index in [1.54, 1.807) is 0 Å². The quantitative estimate of drug-likeness (QED) is 0.0263. The Labute approximate surface area is 378 Å². The molecule has 61 heavy (non-hydrogen) atoms. The SMILES string of the molecule is CCCC/C=C\C/C=C\CCCCCCCC(=O)OC(COC(=O)CCCCCCCCCC)COC(=O)CCCCCCCCCCC/C=C\C/C=C\CCCCCCC. The molecule has 354 valence electrons. The van der Waals surface area contributed by atoms with Crippen LogP contribution in [0.5, 0.6) is 0 Å². The van der Waals surface area contributed by atoms with Crippen molar-refractivity contribution in [3.63, 3.8) is 0 Å². The van der Waals surface area contributed by atoms with Crippen molar-refractivity contribution in [2.45, 2.75) is 271 Å². The molecule has 0 aliphatic rings. The lowest BCUT2D eigenvalue weighted by molar-refractivity contribution is -0.167. The van der Waals surface area contributed by atoms with Crippen molar-refractivity contribution in [2.75, 3.05) is 13.2 Å². The summed E-state index contributed by atoms with van der Waals surface area (Å²) in [5, 5.41) is 0. The Morgan fingerprint density at radius 2 is 0.607 bits per heavy atom. The molecule has 0 aromatic heterocycles. The van der Waals surface area contributed by atoms with Crippen LogP contribution in [0.25, 0.3) is 0 Å². The predicted molar refractivity (Wildman–Crippen MR) is 261 cm³/mol. The maximum Gasteiger partial charge on any atom is 0.306 e. The summed E-state index contributed by atoms with van der Waals surface area (Å²) in [7, 11) is 0. The van der Waals surface area contributed by atoms with Gasteiger partial charge in [0.2, 0.25) is 0 Å². The summed E-state index contributed by atoms with van der Waals surface area (Å²) in [6, 6.07) is 0. The fraction of sp³-hybridized carbons (Fsp3) is 0.800. The van der Waals surface area contributed by atoms with Gasteiger partial charge in [-0.15, -0.1) is 0 Å². The Kier molecular flexibility index (Phi) is 47.9. The van der Waals surface area contributed by atoms with Crippen molar-refractivity contribution < 1.29 is 28.6 Å². The van der Waals surface area contributed by atoms with Gasteiger partial charge in [-0.2, -0.15) is 0 Å². The van der Waals surface area contributed by atoms with Gasteiger partial charge in [0.25, 0.3) is 0 Å². The largest absolute Gasteiger partial charge is 0.462 e. The standard InChI is InChI=1S/C55H98O6/c1-4-7-10-13-16-19-21-23-25-26-27-28-29-30-31-33-34-36-39-42-45-48-54(57)60-51-52(50-59-53(56)47-44-41-38-18-15-12-9-6-3)61-55(58)49-46-43-40-37-35-32-24-22-20-17-14-11-8-5-2/h14,17,21-24,26-27,52H,4-13,15-16,18-20,25,28-51H2,1-3H3/b17-14-,23-21-,24-22-,27-26-. The maximum absolute atomic E-state index is 12.8. The summed E-state index contributed by atoms with van der Waals surface area (Å²) >= 11 is 0. The molecule has 0 radical (unpaired) electrons. The molecule has 0 saturated heterocycles. The second-order valence-electron chi connectivity index (χ2n) is 17.4. The van der Waals surface area contributed by atoms with Gasteiger partial charge < -0.3 is 14.2 Å².